The van der Waals surface area contributed by atoms with Gasteiger partial charge in [0.25, 0.3) is 0 Å². The average Bonchev–Trinajstić information content (AvgIpc) is 1.65. The average molecular weight is 118 g/mol. The van der Waals surface area contributed by atoms with E-state index in [0.29, 0.717) is 0 Å². The molecule has 0 bridgehead atoms. The number of nitrogens with two attached hydrogens (primary N) is 1. The normalized spacial score (nSPS) is 9.88. The van der Waals surface area contributed by atoms with Crippen LogP contribution in [0.3, 0.4) is 0 Å². The lowest BCUT2D eigenvalue weighted by molar-refractivity contribution is -0.132. The first-order valence-corrected chi connectivity index (χ1v) is 1.80. The van der Waals surface area contributed by atoms with Crippen LogP contribution in [0.15, 0.2) is 11.8 Å². The van der Waals surface area contributed by atoms with Gasteiger partial charge < -0.3 is 17.0 Å². The van der Waals surface area contributed by atoms with E-state index in [-0.39, 0.29) is 11.7 Å². The van der Waals surface area contributed by atoms with Gasteiger partial charge in [-0.05, 0) is 6.92 Å². The van der Waals surface area contributed by atoms with Gasteiger partial charge in [0, 0.05) is 11.8 Å². The molecule has 4 heteroatoms. The van der Waals surface area contributed by atoms with E-state index in [0.717, 1.165) is 6.20 Å². The molecule has 0 aliphatic rings. The highest BCUT2D eigenvalue weighted by Gasteiger charge is 1.94. The molecule has 0 heterocycles. The molecule has 0 aromatic rings. The molecule has 0 saturated heterocycles. The summed E-state index contributed by atoms with van der Waals surface area (Å²) in [4.78, 5) is 9.78. The SMILES string of the molecule is CC(=CN)C(=O)O.N. The fraction of sp³-hybridized carbons (Fsp3) is 0.250. The lowest BCUT2D eigenvalue weighted by atomic mass is 10.3. The molecule has 0 radical (unpaired) electrons. The van der Waals surface area contributed by atoms with Crippen molar-refractivity contribution < 1.29 is 9.90 Å². The Bertz CT molecular complexity index is 109. The third-order valence-electron chi connectivity index (χ3n) is 0.587. The van der Waals surface area contributed by atoms with Crippen molar-refractivity contribution in [1.29, 1.82) is 0 Å². The van der Waals surface area contributed by atoms with Crippen molar-refractivity contribution in [3.8, 4) is 0 Å². The summed E-state index contributed by atoms with van der Waals surface area (Å²) in [6.45, 7) is 1.43. The molecule has 0 aliphatic heterocycles. The molecule has 48 valence electrons. The summed E-state index contributed by atoms with van der Waals surface area (Å²) in [7, 11) is 0. The molecule has 0 aromatic heterocycles. The van der Waals surface area contributed by atoms with Crippen molar-refractivity contribution in [2.24, 2.45) is 5.73 Å². The van der Waals surface area contributed by atoms with Crippen LogP contribution in [0.2, 0.25) is 0 Å². The van der Waals surface area contributed by atoms with Crippen LogP contribution in [0.25, 0.3) is 0 Å². The molecule has 0 aromatic carbocycles. The minimum absolute atomic E-state index is 0. The zero-order valence-electron chi connectivity index (χ0n) is 4.72. The van der Waals surface area contributed by atoms with Crippen molar-refractivity contribution in [2.45, 2.75) is 6.92 Å². The number of carboxylic acids is 1. The minimum atomic E-state index is -0.970. The van der Waals surface area contributed by atoms with Gasteiger partial charge in [-0.2, -0.15) is 0 Å². The number of carbonyl (C=O) groups is 1. The van der Waals surface area contributed by atoms with Crippen molar-refractivity contribution >= 4 is 5.97 Å². The fourth-order valence-electron chi connectivity index (χ4n) is 0.0713. The van der Waals surface area contributed by atoms with Crippen LogP contribution in [0, 0.1) is 0 Å². The maximum absolute atomic E-state index is 9.78. The highest BCUT2D eigenvalue weighted by atomic mass is 16.4. The highest BCUT2D eigenvalue weighted by Crippen LogP contribution is 1.84. The fourth-order valence-corrected chi connectivity index (χ4v) is 0.0713. The van der Waals surface area contributed by atoms with Gasteiger partial charge in [0.2, 0.25) is 0 Å². The molecule has 0 rings (SSSR count). The Labute approximate surface area is 47.6 Å². The summed E-state index contributed by atoms with van der Waals surface area (Å²) in [5.74, 6) is -0.970. The predicted molar refractivity (Wildman–Crippen MR) is 30.6 cm³/mol. The molecule has 8 heavy (non-hydrogen) atoms. The number of hydrogen-bond acceptors (Lipinski definition) is 3. The summed E-state index contributed by atoms with van der Waals surface area (Å²) in [6, 6.07) is 0. The maximum Gasteiger partial charge on any atom is 0.332 e. The van der Waals surface area contributed by atoms with Gasteiger partial charge in [-0.15, -0.1) is 0 Å². The van der Waals surface area contributed by atoms with E-state index in [1.165, 1.54) is 6.92 Å². The minimum Gasteiger partial charge on any atom is -0.478 e. The second-order valence-corrected chi connectivity index (χ2v) is 1.15. The van der Waals surface area contributed by atoms with E-state index in [4.69, 9.17) is 10.8 Å². The zero-order valence-corrected chi connectivity index (χ0v) is 4.72. The first-order valence-electron chi connectivity index (χ1n) is 1.80. The summed E-state index contributed by atoms with van der Waals surface area (Å²) in [6.07, 6.45) is 1.06. The zero-order chi connectivity index (χ0) is 5.86. The van der Waals surface area contributed by atoms with Gasteiger partial charge in [0.1, 0.15) is 0 Å². The summed E-state index contributed by atoms with van der Waals surface area (Å²) in [5.41, 5.74) is 5.00. The molecular weight excluding hydrogens is 108 g/mol. The number of aliphatic carboxylic acids is 1. The number of rotatable bonds is 1. The van der Waals surface area contributed by atoms with Crippen molar-refractivity contribution in [1.82, 2.24) is 6.15 Å². The van der Waals surface area contributed by atoms with Crippen LogP contribution in [0.4, 0.5) is 0 Å². The third-order valence-corrected chi connectivity index (χ3v) is 0.587. The van der Waals surface area contributed by atoms with E-state index in [2.05, 4.69) is 0 Å². The second kappa shape index (κ2) is 4.14. The van der Waals surface area contributed by atoms with E-state index in [1.807, 2.05) is 0 Å². The van der Waals surface area contributed by atoms with Crippen LogP contribution < -0.4 is 11.9 Å². The van der Waals surface area contributed by atoms with Crippen molar-refractivity contribution in [3.63, 3.8) is 0 Å². The smallest absolute Gasteiger partial charge is 0.332 e. The van der Waals surface area contributed by atoms with Gasteiger partial charge in [0.15, 0.2) is 0 Å². The van der Waals surface area contributed by atoms with Gasteiger partial charge in [-0.25, -0.2) is 4.79 Å². The molecule has 0 unspecified atom stereocenters. The topological polar surface area (TPSA) is 98.3 Å². The Morgan fingerprint density at radius 1 is 1.75 bits per heavy atom. The predicted octanol–water partition coefficient (Wildman–Crippen LogP) is 0.0955. The van der Waals surface area contributed by atoms with Crippen LogP contribution in [0.1, 0.15) is 6.92 Å². The monoisotopic (exact) mass is 118 g/mol. The summed E-state index contributed by atoms with van der Waals surface area (Å²) in [5, 5.41) is 8.03. The molecule has 6 N–H and O–H groups in total. The van der Waals surface area contributed by atoms with Crippen molar-refractivity contribution in [3.05, 3.63) is 11.8 Å². The molecule has 4 nitrogen and oxygen atoms in total. The Morgan fingerprint density at radius 3 is 2.12 bits per heavy atom. The second-order valence-electron chi connectivity index (χ2n) is 1.15. The number of hydrogen-bond donors (Lipinski definition) is 3. The van der Waals surface area contributed by atoms with Crippen LogP contribution >= 0.6 is 0 Å². The third kappa shape index (κ3) is 3.17. The van der Waals surface area contributed by atoms with E-state index < -0.39 is 5.97 Å². The van der Waals surface area contributed by atoms with E-state index >= 15 is 0 Å². The lowest BCUT2D eigenvalue weighted by Gasteiger charge is -1.84. The Morgan fingerprint density at radius 2 is 2.12 bits per heavy atom. The van der Waals surface area contributed by atoms with E-state index in [9.17, 15) is 4.79 Å². The molecule has 0 aliphatic carbocycles. The lowest BCUT2D eigenvalue weighted by Crippen LogP contribution is -1.98. The van der Waals surface area contributed by atoms with Gasteiger partial charge in [-0.3, -0.25) is 0 Å². The molecule has 0 saturated carbocycles. The Kier molecular flexibility index (Phi) is 5.20. The maximum atomic E-state index is 9.78. The quantitative estimate of drug-likeness (QED) is 0.425. The first kappa shape index (κ1) is 10.1. The van der Waals surface area contributed by atoms with Gasteiger partial charge in [-0.1, -0.05) is 0 Å². The highest BCUT2D eigenvalue weighted by molar-refractivity contribution is 5.85. The largest absolute Gasteiger partial charge is 0.478 e. The molecule has 0 fully saturated rings. The molecular formula is C4H10N2O2. The van der Waals surface area contributed by atoms with Crippen molar-refractivity contribution in [2.75, 3.05) is 0 Å². The Hall–Kier alpha value is -1.03. The van der Waals surface area contributed by atoms with Gasteiger partial charge in [0.05, 0.1) is 0 Å². The van der Waals surface area contributed by atoms with E-state index in [1.54, 1.807) is 0 Å². The number of carboxylic acid groups (broad SMARTS) is 1. The standard InChI is InChI=1S/C4H7NO2.H3N/c1-3(2-5)4(6)7;/h2H,5H2,1H3,(H,6,7);1H3. The van der Waals surface area contributed by atoms with Gasteiger partial charge >= 0.3 is 5.97 Å². The Balaban J connectivity index is 0. The van der Waals surface area contributed by atoms with Crippen LogP contribution in [-0.2, 0) is 4.79 Å². The van der Waals surface area contributed by atoms with Crippen LogP contribution in [-0.4, -0.2) is 11.1 Å². The molecule has 0 amide bonds. The van der Waals surface area contributed by atoms with Crippen LogP contribution in [0.5, 0.6) is 0 Å². The molecule has 0 spiro atoms. The summed E-state index contributed by atoms with van der Waals surface area (Å²) >= 11 is 0. The first-order chi connectivity index (χ1) is 3.18. The summed E-state index contributed by atoms with van der Waals surface area (Å²) < 4.78 is 0. The molecule has 0 atom stereocenters.